The van der Waals surface area contributed by atoms with Gasteiger partial charge in [0.15, 0.2) is 9.84 Å². The molecule has 0 aliphatic heterocycles. The number of benzene rings is 1. The summed E-state index contributed by atoms with van der Waals surface area (Å²) < 4.78 is 37.5. The van der Waals surface area contributed by atoms with Crippen molar-refractivity contribution in [3.8, 4) is 5.88 Å². The molecular weight excluding hydrogens is 432 g/mol. The van der Waals surface area contributed by atoms with E-state index in [1.54, 1.807) is 45.0 Å². The van der Waals surface area contributed by atoms with Crippen LogP contribution in [0.5, 0.6) is 5.88 Å². The monoisotopic (exact) mass is 466 g/mol. The van der Waals surface area contributed by atoms with Crippen LogP contribution in [0.2, 0.25) is 0 Å². The molecule has 1 unspecified atom stereocenters. The Morgan fingerprint density at radius 2 is 1.94 bits per heavy atom. The summed E-state index contributed by atoms with van der Waals surface area (Å²) >= 11 is 0. The highest BCUT2D eigenvalue weighted by molar-refractivity contribution is 7.91. The number of nitrogens with zero attached hydrogens (tertiary/aromatic N) is 2. The van der Waals surface area contributed by atoms with Crippen LogP contribution in [-0.2, 0) is 14.6 Å². The summed E-state index contributed by atoms with van der Waals surface area (Å²) in [6.07, 6.45) is 1.96. The van der Waals surface area contributed by atoms with Crippen LogP contribution in [0.25, 0.3) is 10.8 Å². The molecule has 0 spiro atoms. The highest BCUT2D eigenvalue weighted by atomic mass is 32.2. The first-order valence-electron chi connectivity index (χ1n) is 10.8. The van der Waals surface area contributed by atoms with E-state index in [-0.39, 0.29) is 29.7 Å². The molecule has 1 aromatic heterocycles. The van der Waals surface area contributed by atoms with Crippen molar-refractivity contribution in [2.24, 2.45) is 5.92 Å². The molecule has 1 aromatic carbocycles. The van der Waals surface area contributed by atoms with Gasteiger partial charge in [0.2, 0.25) is 5.88 Å². The Morgan fingerprint density at radius 3 is 2.53 bits per heavy atom. The van der Waals surface area contributed by atoms with Gasteiger partial charge in [-0.25, -0.2) is 18.2 Å². The average Bonchev–Trinajstić information content (AvgIpc) is 2.73. The first-order chi connectivity index (χ1) is 15.0. The summed E-state index contributed by atoms with van der Waals surface area (Å²) in [7, 11) is -2.17. The molecule has 9 heteroatoms. The number of amides is 1. The molecule has 2 aromatic rings. The first kappa shape index (κ1) is 25.9. The minimum absolute atomic E-state index is 0.0692. The molecule has 0 aliphatic rings. The van der Waals surface area contributed by atoms with Crippen molar-refractivity contribution in [1.82, 2.24) is 9.88 Å². The van der Waals surface area contributed by atoms with E-state index in [0.29, 0.717) is 36.0 Å². The van der Waals surface area contributed by atoms with Crippen LogP contribution in [-0.4, -0.2) is 67.7 Å². The van der Waals surface area contributed by atoms with Gasteiger partial charge in [0, 0.05) is 36.7 Å². The van der Waals surface area contributed by atoms with Gasteiger partial charge in [-0.2, -0.15) is 0 Å². The van der Waals surface area contributed by atoms with Crippen LogP contribution >= 0.6 is 0 Å². The molecule has 1 amide bonds. The number of aromatic nitrogens is 1. The van der Waals surface area contributed by atoms with E-state index in [0.717, 1.165) is 0 Å². The summed E-state index contributed by atoms with van der Waals surface area (Å²) in [6.45, 7) is 7.68. The third-order valence-corrected chi connectivity index (χ3v) is 6.94. The molecular formula is C23H34N2O6S. The quantitative estimate of drug-likeness (QED) is 0.569. The lowest BCUT2D eigenvalue weighted by Gasteiger charge is -2.30. The predicted molar refractivity (Wildman–Crippen MR) is 124 cm³/mol. The first-order valence-corrected chi connectivity index (χ1v) is 12.4. The molecule has 0 fully saturated rings. The van der Waals surface area contributed by atoms with Gasteiger partial charge >= 0.3 is 6.09 Å². The van der Waals surface area contributed by atoms with E-state index >= 15 is 0 Å². The van der Waals surface area contributed by atoms with Gasteiger partial charge in [-0.05, 0) is 51.3 Å². The lowest BCUT2D eigenvalue weighted by atomic mass is 10.1. The number of pyridine rings is 1. The van der Waals surface area contributed by atoms with Gasteiger partial charge in [0.1, 0.15) is 5.60 Å². The summed E-state index contributed by atoms with van der Waals surface area (Å²) in [5, 5.41) is 10.4. The van der Waals surface area contributed by atoms with Crippen molar-refractivity contribution in [2.75, 3.05) is 32.6 Å². The number of rotatable bonds is 10. The number of hydrogen-bond acceptors (Lipinski definition) is 7. The number of sulfone groups is 1. The normalized spacial score (nSPS) is 13.1. The van der Waals surface area contributed by atoms with E-state index in [1.165, 1.54) is 18.2 Å². The van der Waals surface area contributed by atoms with Crippen molar-refractivity contribution in [2.45, 2.75) is 51.0 Å². The molecule has 1 atom stereocenters. The molecule has 0 bridgehead atoms. The van der Waals surface area contributed by atoms with Crippen molar-refractivity contribution < 1.29 is 27.8 Å². The SMILES string of the molecule is CCC(CN(CCCO)C(=O)OC(C)(C)C)CS(=O)(=O)c1cccc2c(OC)nccc12. The fourth-order valence-electron chi connectivity index (χ4n) is 3.44. The standard InChI is InChI=1S/C23H34N2O6S/c1-6-17(15-25(13-8-14-26)22(27)31-23(2,3)4)16-32(28,29)20-10-7-9-19-18(20)11-12-24-21(19)30-5/h7,9-12,17,26H,6,8,13-16H2,1-5H3. The largest absolute Gasteiger partial charge is 0.481 e. The fraction of sp³-hybridized carbons (Fsp3) is 0.565. The lowest BCUT2D eigenvalue weighted by Crippen LogP contribution is -2.41. The number of aliphatic hydroxyl groups excluding tert-OH is 1. The number of aliphatic hydroxyl groups is 1. The van der Waals surface area contributed by atoms with Crippen LogP contribution in [0.15, 0.2) is 35.4 Å². The maximum Gasteiger partial charge on any atom is 0.410 e. The molecule has 1 N–H and O–H groups in total. The second-order valence-corrected chi connectivity index (χ2v) is 10.7. The highest BCUT2D eigenvalue weighted by Gasteiger charge is 2.28. The zero-order valence-corrected chi connectivity index (χ0v) is 20.3. The highest BCUT2D eigenvalue weighted by Crippen LogP contribution is 2.30. The van der Waals surface area contributed by atoms with E-state index in [2.05, 4.69) is 4.98 Å². The summed E-state index contributed by atoms with van der Waals surface area (Å²) in [4.78, 5) is 18.5. The smallest absolute Gasteiger partial charge is 0.410 e. The van der Waals surface area contributed by atoms with Crippen LogP contribution in [0.3, 0.4) is 0 Å². The topological polar surface area (TPSA) is 106 Å². The zero-order chi connectivity index (χ0) is 23.9. The number of carbonyl (C=O) groups is 1. The Balaban J connectivity index is 2.29. The third-order valence-electron chi connectivity index (χ3n) is 5.01. The van der Waals surface area contributed by atoms with Crippen molar-refractivity contribution in [1.29, 1.82) is 0 Å². The van der Waals surface area contributed by atoms with E-state index in [9.17, 15) is 18.3 Å². The van der Waals surface area contributed by atoms with Crippen LogP contribution in [0.4, 0.5) is 4.79 Å². The number of ether oxygens (including phenoxy) is 2. The maximum atomic E-state index is 13.4. The van der Waals surface area contributed by atoms with Gasteiger partial charge < -0.3 is 19.5 Å². The van der Waals surface area contributed by atoms with Gasteiger partial charge in [-0.1, -0.05) is 19.4 Å². The molecule has 2 rings (SSSR count). The van der Waals surface area contributed by atoms with E-state index in [4.69, 9.17) is 9.47 Å². The summed E-state index contributed by atoms with van der Waals surface area (Å²) in [6, 6.07) is 6.70. The van der Waals surface area contributed by atoms with Crippen molar-refractivity contribution in [3.05, 3.63) is 30.5 Å². The number of hydrogen-bond donors (Lipinski definition) is 1. The van der Waals surface area contributed by atoms with Gasteiger partial charge in [0.25, 0.3) is 0 Å². The predicted octanol–water partition coefficient (Wildman–Crippen LogP) is 3.66. The Kier molecular flexibility index (Phi) is 8.86. The van der Waals surface area contributed by atoms with Gasteiger partial charge in [-0.3, -0.25) is 0 Å². The van der Waals surface area contributed by atoms with Crippen molar-refractivity contribution in [3.63, 3.8) is 0 Å². The number of carbonyl (C=O) groups excluding carboxylic acids is 1. The minimum Gasteiger partial charge on any atom is -0.481 e. The molecule has 178 valence electrons. The van der Waals surface area contributed by atoms with E-state index in [1.807, 2.05) is 6.92 Å². The van der Waals surface area contributed by atoms with Crippen molar-refractivity contribution >= 4 is 26.7 Å². The third kappa shape index (κ3) is 6.80. The number of fused-ring (bicyclic) bond motifs is 1. The van der Waals surface area contributed by atoms with Crippen LogP contribution in [0.1, 0.15) is 40.5 Å². The second kappa shape index (κ2) is 11.0. The van der Waals surface area contributed by atoms with Gasteiger partial charge in [0.05, 0.1) is 17.8 Å². The molecule has 8 nitrogen and oxygen atoms in total. The Labute approximate surface area is 190 Å². The zero-order valence-electron chi connectivity index (χ0n) is 19.5. The molecule has 0 radical (unpaired) electrons. The van der Waals surface area contributed by atoms with E-state index < -0.39 is 21.5 Å². The van der Waals surface area contributed by atoms with Gasteiger partial charge in [-0.15, -0.1) is 0 Å². The molecule has 32 heavy (non-hydrogen) atoms. The van der Waals surface area contributed by atoms with Crippen LogP contribution < -0.4 is 4.74 Å². The fourth-order valence-corrected chi connectivity index (χ4v) is 5.38. The Hall–Kier alpha value is -2.39. The average molecular weight is 467 g/mol. The Morgan fingerprint density at radius 1 is 1.22 bits per heavy atom. The maximum absolute atomic E-state index is 13.4. The Bertz CT molecular complexity index is 1020. The lowest BCUT2D eigenvalue weighted by molar-refractivity contribution is 0.0214. The summed E-state index contributed by atoms with van der Waals surface area (Å²) in [5.41, 5.74) is -0.668. The van der Waals surface area contributed by atoms with Crippen LogP contribution in [0, 0.1) is 5.92 Å². The molecule has 1 heterocycles. The molecule has 0 aliphatic carbocycles. The summed E-state index contributed by atoms with van der Waals surface area (Å²) in [5.74, 6) is -0.0528. The molecule has 0 saturated heterocycles. The molecule has 0 saturated carbocycles. The second-order valence-electron chi connectivity index (χ2n) is 8.73. The number of methoxy groups -OCH3 is 1. The minimum atomic E-state index is -3.66.